The van der Waals surface area contributed by atoms with Gasteiger partial charge in [0.25, 0.3) is 11.8 Å². The molecule has 6 nitrogen and oxygen atoms in total. The molecule has 1 amide bonds. The molecule has 6 heteroatoms. The number of nitrogens with zero attached hydrogens (tertiary/aromatic N) is 3. The maximum absolute atomic E-state index is 12.6. The third-order valence-electron chi connectivity index (χ3n) is 5.27. The van der Waals surface area contributed by atoms with Crippen molar-refractivity contribution in [3.8, 4) is 28.6 Å². The number of ether oxygens (including phenoxy) is 1. The predicted molar refractivity (Wildman–Crippen MR) is 117 cm³/mol. The van der Waals surface area contributed by atoms with Crippen LogP contribution in [0.3, 0.4) is 0 Å². The number of hydrogen-bond acceptors (Lipinski definition) is 5. The van der Waals surface area contributed by atoms with E-state index in [0.717, 1.165) is 16.7 Å². The van der Waals surface area contributed by atoms with Gasteiger partial charge in [-0.3, -0.25) is 4.79 Å². The van der Waals surface area contributed by atoms with Crippen LogP contribution in [0.25, 0.3) is 22.8 Å². The van der Waals surface area contributed by atoms with E-state index >= 15 is 0 Å². The van der Waals surface area contributed by atoms with Crippen LogP contribution < -0.4 is 4.74 Å². The Morgan fingerprint density at radius 1 is 1.00 bits per heavy atom. The quantitative estimate of drug-likeness (QED) is 0.480. The van der Waals surface area contributed by atoms with E-state index < -0.39 is 0 Å². The van der Waals surface area contributed by atoms with Crippen molar-refractivity contribution in [3.05, 3.63) is 90.0 Å². The van der Waals surface area contributed by atoms with Gasteiger partial charge in [0.05, 0.1) is 18.7 Å². The summed E-state index contributed by atoms with van der Waals surface area (Å²) in [6, 6.07) is 24.9. The van der Waals surface area contributed by atoms with Crippen molar-refractivity contribution in [1.82, 2.24) is 15.0 Å². The molecule has 0 unspecified atom stereocenters. The van der Waals surface area contributed by atoms with Gasteiger partial charge in [0, 0.05) is 11.1 Å². The van der Waals surface area contributed by atoms with E-state index in [1.54, 1.807) is 4.90 Å². The van der Waals surface area contributed by atoms with Gasteiger partial charge in [-0.2, -0.15) is 4.98 Å². The Labute approximate surface area is 180 Å². The largest absolute Gasteiger partial charge is 0.486 e. The van der Waals surface area contributed by atoms with E-state index in [9.17, 15) is 4.79 Å². The number of aromatic nitrogens is 2. The molecule has 0 spiro atoms. The summed E-state index contributed by atoms with van der Waals surface area (Å²) in [4.78, 5) is 19.0. The molecule has 1 aliphatic heterocycles. The monoisotopic (exact) mass is 411 g/mol. The van der Waals surface area contributed by atoms with Gasteiger partial charge in [0.1, 0.15) is 11.9 Å². The lowest BCUT2D eigenvalue weighted by Crippen LogP contribution is -2.56. The molecule has 0 bridgehead atoms. The van der Waals surface area contributed by atoms with E-state index in [-0.39, 0.29) is 12.0 Å². The van der Waals surface area contributed by atoms with Gasteiger partial charge in [0.15, 0.2) is 0 Å². The first-order valence-electron chi connectivity index (χ1n) is 10.2. The molecular formula is C25H21N3O3. The number of amides is 1. The third-order valence-corrected chi connectivity index (χ3v) is 5.27. The molecule has 0 N–H and O–H groups in total. The van der Waals surface area contributed by atoms with Crippen LogP contribution in [0.1, 0.15) is 15.9 Å². The lowest BCUT2D eigenvalue weighted by atomic mass is 10.1. The summed E-state index contributed by atoms with van der Waals surface area (Å²) >= 11 is 0. The molecule has 2 heterocycles. The summed E-state index contributed by atoms with van der Waals surface area (Å²) in [5, 5.41) is 4.10. The second-order valence-corrected chi connectivity index (χ2v) is 7.60. The molecule has 0 aliphatic carbocycles. The highest BCUT2D eigenvalue weighted by Crippen LogP contribution is 2.32. The van der Waals surface area contributed by atoms with Crippen LogP contribution in [0.4, 0.5) is 0 Å². The minimum absolute atomic E-state index is 0.0289. The number of likely N-dealkylation sites (tertiary alicyclic amines) is 1. The number of rotatable bonds is 5. The molecule has 4 aromatic rings. The second-order valence-electron chi connectivity index (χ2n) is 7.60. The van der Waals surface area contributed by atoms with Crippen LogP contribution in [0.2, 0.25) is 0 Å². The smallest absolute Gasteiger partial charge is 0.262 e. The number of hydrogen-bond donors (Lipinski definition) is 0. The van der Waals surface area contributed by atoms with Gasteiger partial charge >= 0.3 is 0 Å². The Hall–Kier alpha value is -3.93. The summed E-state index contributed by atoms with van der Waals surface area (Å²) in [5.41, 5.74) is 3.40. The maximum atomic E-state index is 12.6. The SMILES string of the molecule is Cc1cccc(C(=O)N2CC(Oc3ccccc3-c3nc(-c4ccccc4)no3)C2)c1. The highest BCUT2D eigenvalue weighted by Gasteiger charge is 2.33. The molecule has 154 valence electrons. The van der Waals surface area contributed by atoms with Crippen molar-refractivity contribution in [3.63, 3.8) is 0 Å². The van der Waals surface area contributed by atoms with E-state index in [1.807, 2.05) is 85.8 Å². The number of aryl methyl sites for hydroxylation is 1. The Morgan fingerprint density at radius 2 is 1.77 bits per heavy atom. The number of para-hydroxylation sites is 1. The zero-order valence-corrected chi connectivity index (χ0v) is 17.1. The summed E-state index contributed by atoms with van der Waals surface area (Å²) in [6.45, 7) is 3.07. The van der Waals surface area contributed by atoms with Gasteiger partial charge in [-0.05, 0) is 31.2 Å². The molecule has 1 aliphatic rings. The van der Waals surface area contributed by atoms with Gasteiger partial charge < -0.3 is 14.2 Å². The number of carbonyl (C=O) groups excluding carboxylic acids is 1. The predicted octanol–water partition coefficient (Wildman–Crippen LogP) is 4.62. The van der Waals surface area contributed by atoms with Crippen LogP contribution >= 0.6 is 0 Å². The fourth-order valence-corrected chi connectivity index (χ4v) is 3.60. The minimum atomic E-state index is -0.0774. The summed E-state index contributed by atoms with van der Waals surface area (Å²) in [7, 11) is 0. The van der Waals surface area contributed by atoms with Gasteiger partial charge in [-0.1, -0.05) is 65.3 Å². The van der Waals surface area contributed by atoms with E-state index in [2.05, 4.69) is 10.1 Å². The highest BCUT2D eigenvalue weighted by atomic mass is 16.5. The van der Waals surface area contributed by atoms with Crippen molar-refractivity contribution >= 4 is 5.91 Å². The summed E-state index contributed by atoms with van der Waals surface area (Å²) < 4.78 is 11.7. The average molecular weight is 411 g/mol. The fourth-order valence-electron chi connectivity index (χ4n) is 3.60. The maximum Gasteiger partial charge on any atom is 0.262 e. The Balaban J connectivity index is 1.28. The van der Waals surface area contributed by atoms with Crippen molar-refractivity contribution in [2.24, 2.45) is 0 Å². The van der Waals surface area contributed by atoms with Crippen LogP contribution in [-0.4, -0.2) is 40.1 Å². The topological polar surface area (TPSA) is 68.5 Å². The number of carbonyl (C=O) groups is 1. The molecule has 3 aromatic carbocycles. The van der Waals surface area contributed by atoms with Crippen molar-refractivity contribution in [2.75, 3.05) is 13.1 Å². The van der Waals surface area contributed by atoms with Crippen LogP contribution in [0, 0.1) is 6.92 Å². The van der Waals surface area contributed by atoms with Crippen molar-refractivity contribution in [2.45, 2.75) is 13.0 Å². The molecule has 0 atom stereocenters. The summed E-state index contributed by atoms with van der Waals surface area (Å²) in [6.07, 6.45) is -0.0774. The first-order chi connectivity index (χ1) is 15.2. The van der Waals surface area contributed by atoms with E-state index in [4.69, 9.17) is 9.26 Å². The molecule has 1 saturated heterocycles. The molecule has 0 radical (unpaired) electrons. The van der Waals surface area contributed by atoms with Gasteiger partial charge in [-0.15, -0.1) is 0 Å². The fraction of sp³-hybridized carbons (Fsp3) is 0.160. The molecular weight excluding hydrogens is 390 g/mol. The van der Waals surface area contributed by atoms with E-state index in [1.165, 1.54) is 0 Å². The lowest BCUT2D eigenvalue weighted by molar-refractivity contribution is 0.0179. The average Bonchev–Trinajstić information content (AvgIpc) is 3.26. The van der Waals surface area contributed by atoms with Crippen LogP contribution in [-0.2, 0) is 0 Å². The lowest BCUT2D eigenvalue weighted by Gasteiger charge is -2.39. The van der Waals surface area contributed by atoms with Crippen LogP contribution in [0.5, 0.6) is 5.75 Å². The molecule has 1 aromatic heterocycles. The first-order valence-corrected chi connectivity index (χ1v) is 10.2. The zero-order chi connectivity index (χ0) is 21.2. The molecule has 31 heavy (non-hydrogen) atoms. The first kappa shape index (κ1) is 19.1. The van der Waals surface area contributed by atoms with Gasteiger partial charge in [0.2, 0.25) is 5.82 Å². The van der Waals surface area contributed by atoms with Crippen molar-refractivity contribution in [1.29, 1.82) is 0 Å². The Morgan fingerprint density at radius 3 is 2.58 bits per heavy atom. The van der Waals surface area contributed by atoms with Crippen LogP contribution in [0.15, 0.2) is 83.4 Å². The standard InChI is InChI=1S/C25H21N3O3/c1-17-8-7-11-19(14-17)25(29)28-15-20(16-28)30-22-13-6-5-12-21(22)24-26-23(27-31-24)18-9-3-2-4-10-18/h2-14,20H,15-16H2,1H3. The second kappa shape index (κ2) is 8.07. The van der Waals surface area contributed by atoms with Crippen molar-refractivity contribution < 1.29 is 14.1 Å². The molecule has 0 saturated carbocycles. The van der Waals surface area contributed by atoms with E-state index in [0.29, 0.717) is 36.1 Å². The number of benzene rings is 3. The third kappa shape index (κ3) is 3.92. The molecule has 5 rings (SSSR count). The molecule has 1 fully saturated rings. The highest BCUT2D eigenvalue weighted by molar-refractivity contribution is 5.95. The normalized spacial score (nSPS) is 13.6. The van der Waals surface area contributed by atoms with Gasteiger partial charge in [-0.25, -0.2) is 0 Å². The Bertz CT molecular complexity index is 1210. The summed E-state index contributed by atoms with van der Waals surface area (Å²) in [5.74, 6) is 1.63. The zero-order valence-electron chi connectivity index (χ0n) is 17.1. The minimum Gasteiger partial charge on any atom is -0.486 e. The Kier molecular flexibility index (Phi) is 4.96.